The van der Waals surface area contributed by atoms with Crippen LogP contribution in [0, 0.1) is 0 Å². The fourth-order valence-electron chi connectivity index (χ4n) is 2.55. The Morgan fingerprint density at radius 1 is 1.42 bits per heavy atom. The highest BCUT2D eigenvalue weighted by Gasteiger charge is 2.27. The second kappa shape index (κ2) is 4.51. The Balaban J connectivity index is 2.22. The minimum absolute atomic E-state index is 0.222. The molecule has 5 nitrogen and oxygen atoms in total. The minimum Gasteiger partial charge on any atom is -0.365 e. The van der Waals surface area contributed by atoms with Crippen molar-refractivity contribution in [3.8, 4) is 11.3 Å². The molecule has 0 spiro atoms. The lowest BCUT2D eigenvalue weighted by molar-refractivity contribution is 0.0999. The monoisotopic (exact) mass is 256 g/mol. The van der Waals surface area contributed by atoms with Gasteiger partial charge in [-0.05, 0) is 6.92 Å². The molecule has 0 saturated carbocycles. The molecule has 0 saturated heterocycles. The van der Waals surface area contributed by atoms with Crippen molar-refractivity contribution >= 4 is 5.91 Å². The lowest BCUT2D eigenvalue weighted by Crippen LogP contribution is -2.33. The number of rotatable bonds is 2. The number of benzene rings is 1. The number of nitrogens with zero attached hydrogens (tertiary/aromatic N) is 2. The number of fused-ring (bicyclic) bond motifs is 1. The van der Waals surface area contributed by atoms with Crippen LogP contribution < -0.4 is 11.1 Å². The predicted molar refractivity (Wildman–Crippen MR) is 72.6 cm³/mol. The number of nitrogens with one attached hydrogen (secondary N) is 1. The Morgan fingerprint density at radius 3 is 2.84 bits per heavy atom. The molecular formula is C14H16N4O. The molecule has 3 rings (SSSR count). The Morgan fingerprint density at radius 2 is 2.16 bits per heavy atom. The van der Waals surface area contributed by atoms with Crippen molar-refractivity contribution in [1.29, 1.82) is 0 Å². The molecule has 1 aliphatic rings. The summed E-state index contributed by atoms with van der Waals surface area (Å²) in [6, 6.07) is 9.91. The Hall–Kier alpha value is -2.14. The zero-order chi connectivity index (χ0) is 13.4. The first-order valence-electron chi connectivity index (χ1n) is 6.36. The quantitative estimate of drug-likeness (QED) is 0.851. The summed E-state index contributed by atoms with van der Waals surface area (Å²) in [6.45, 7) is 3.55. The number of hydrogen-bond acceptors (Lipinski definition) is 3. The second-order valence-corrected chi connectivity index (χ2v) is 4.83. The van der Waals surface area contributed by atoms with Crippen LogP contribution in [0.1, 0.15) is 29.0 Å². The molecule has 2 aromatic rings. The fraction of sp³-hybridized carbons (Fsp3) is 0.286. The van der Waals surface area contributed by atoms with E-state index >= 15 is 0 Å². The first-order valence-corrected chi connectivity index (χ1v) is 6.36. The lowest BCUT2D eigenvalue weighted by Gasteiger charge is -2.22. The van der Waals surface area contributed by atoms with Crippen molar-refractivity contribution in [1.82, 2.24) is 15.1 Å². The van der Waals surface area contributed by atoms with Crippen LogP contribution in [0.3, 0.4) is 0 Å². The topological polar surface area (TPSA) is 72.9 Å². The summed E-state index contributed by atoms with van der Waals surface area (Å²) in [7, 11) is 0. The van der Waals surface area contributed by atoms with Crippen LogP contribution >= 0.6 is 0 Å². The van der Waals surface area contributed by atoms with Crippen LogP contribution in [0.15, 0.2) is 30.3 Å². The molecule has 5 heteroatoms. The zero-order valence-corrected chi connectivity index (χ0v) is 10.8. The lowest BCUT2D eigenvalue weighted by atomic mass is 10.0. The highest BCUT2D eigenvalue weighted by Crippen LogP contribution is 2.28. The maximum atomic E-state index is 11.8. The van der Waals surface area contributed by atoms with Crippen LogP contribution in [0.5, 0.6) is 0 Å². The number of nitrogens with two attached hydrogens (primary N) is 1. The molecular weight excluding hydrogens is 240 g/mol. The standard InChI is InChI=1S/C14H16N4O/c1-9-7-16-8-11-12(14(15)19)13(17-18(9)11)10-5-3-2-4-6-10/h2-6,9,16H,7-8H2,1H3,(H2,15,19). The van der Waals surface area contributed by atoms with Crippen molar-refractivity contribution in [2.75, 3.05) is 6.54 Å². The van der Waals surface area contributed by atoms with E-state index < -0.39 is 5.91 Å². The summed E-state index contributed by atoms with van der Waals surface area (Å²) in [4.78, 5) is 11.8. The Labute approximate surface area is 111 Å². The van der Waals surface area contributed by atoms with Crippen molar-refractivity contribution in [3.05, 3.63) is 41.6 Å². The second-order valence-electron chi connectivity index (χ2n) is 4.83. The summed E-state index contributed by atoms with van der Waals surface area (Å²) in [5.41, 5.74) is 8.56. The normalized spacial score (nSPS) is 18.1. The van der Waals surface area contributed by atoms with E-state index in [0.717, 1.165) is 17.8 Å². The van der Waals surface area contributed by atoms with Gasteiger partial charge in [0.2, 0.25) is 0 Å². The molecule has 0 bridgehead atoms. The largest absolute Gasteiger partial charge is 0.365 e. The van der Waals surface area contributed by atoms with Gasteiger partial charge in [-0.15, -0.1) is 0 Å². The van der Waals surface area contributed by atoms with E-state index in [4.69, 9.17) is 5.73 Å². The minimum atomic E-state index is -0.420. The summed E-state index contributed by atoms with van der Waals surface area (Å²) in [5.74, 6) is -0.420. The molecule has 0 aliphatic carbocycles. The van der Waals surface area contributed by atoms with E-state index in [9.17, 15) is 4.79 Å². The molecule has 1 aromatic carbocycles. The molecule has 1 amide bonds. The molecule has 2 heterocycles. The van der Waals surface area contributed by atoms with Crippen molar-refractivity contribution in [3.63, 3.8) is 0 Å². The van der Waals surface area contributed by atoms with Gasteiger partial charge in [0.1, 0.15) is 5.69 Å². The summed E-state index contributed by atoms with van der Waals surface area (Å²) >= 11 is 0. The molecule has 0 fully saturated rings. The van der Waals surface area contributed by atoms with Gasteiger partial charge < -0.3 is 11.1 Å². The van der Waals surface area contributed by atoms with E-state index in [1.165, 1.54) is 0 Å². The van der Waals surface area contributed by atoms with E-state index in [1.54, 1.807) is 0 Å². The van der Waals surface area contributed by atoms with Gasteiger partial charge >= 0.3 is 0 Å². The van der Waals surface area contributed by atoms with Gasteiger partial charge in [0.25, 0.3) is 5.91 Å². The highest BCUT2D eigenvalue weighted by molar-refractivity contribution is 6.00. The third-order valence-corrected chi connectivity index (χ3v) is 3.45. The predicted octanol–water partition coefficient (Wildman–Crippen LogP) is 1.31. The van der Waals surface area contributed by atoms with Gasteiger partial charge in [-0.2, -0.15) is 5.10 Å². The van der Waals surface area contributed by atoms with Crippen LogP contribution in [-0.2, 0) is 6.54 Å². The van der Waals surface area contributed by atoms with E-state index in [2.05, 4.69) is 17.3 Å². The maximum absolute atomic E-state index is 11.8. The first-order chi connectivity index (χ1) is 9.18. The molecule has 3 N–H and O–H groups in total. The number of hydrogen-bond donors (Lipinski definition) is 2. The van der Waals surface area contributed by atoms with Crippen molar-refractivity contribution in [2.24, 2.45) is 5.73 Å². The SMILES string of the molecule is CC1CNCc2c(C(N)=O)c(-c3ccccc3)nn21. The number of carbonyl (C=O) groups is 1. The number of primary amides is 1. The molecule has 0 radical (unpaired) electrons. The molecule has 1 aromatic heterocycles. The van der Waals surface area contributed by atoms with Crippen LogP contribution in [0.2, 0.25) is 0 Å². The average molecular weight is 256 g/mol. The number of aromatic nitrogens is 2. The smallest absolute Gasteiger partial charge is 0.252 e. The average Bonchev–Trinajstić information content (AvgIpc) is 2.81. The van der Waals surface area contributed by atoms with Gasteiger partial charge in [0.15, 0.2) is 0 Å². The van der Waals surface area contributed by atoms with Gasteiger partial charge in [0.05, 0.1) is 17.3 Å². The maximum Gasteiger partial charge on any atom is 0.252 e. The van der Waals surface area contributed by atoms with Crippen molar-refractivity contribution < 1.29 is 4.79 Å². The number of amides is 1. The Kier molecular flexibility index (Phi) is 2.83. The van der Waals surface area contributed by atoms with Gasteiger partial charge in [-0.3, -0.25) is 9.48 Å². The molecule has 98 valence electrons. The number of carbonyl (C=O) groups excluding carboxylic acids is 1. The van der Waals surface area contributed by atoms with Crippen LogP contribution in [0.4, 0.5) is 0 Å². The van der Waals surface area contributed by atoms with Gasteiger partial charge in [0, 0.05) is 18.7 Å². The third kappa shape index (κ3) is 1.92. The summed E-state index contributed by atoms with van der Waals surface area (Å²) in [6.07, 6.45) is 0. The zero-order valence-electron chi connectivity index (χ0n) is 10.8. The fourth-order valence-corrected chi connectivity index (χ4v) is 2.55. The molecule has 1 atom stereocenters. The van der Waals surface area contributed by atoms with Crippen molar-refractivity contribution in [2.45, 2.75) is 19.5 Å². The van der Waals surface area contributed by atoms with E-state index in [0.29, 0.717) is 17.8 Å². The van der Waals surface area contributed by atoms with Crippen LogP contribution in [-0.4, -0.2) is 22.2 Å². The molecule has 1 unspecified atom stereocenters. The third-order valence-electron chi connectivity index (χ3n) is 3.45. The van der Waals surface area contributed by atoms with Gasteiger partial charge in [-0.1, -0.05) is 30.3 Å². The molecule has 1 aliphatic heterocycles. The Bertz CT molecular complexity index is 618. The van der Waals surface area contributed by atoms with Crippen LogP contribution in [0.25, 0.3) is 11.3 Å². The van der Waals surface area contributed by atoms with Gasteiger partial charge in [-0.25, -0.2) is 0 Å². The highest BCUT2D eigenvalue weighted by atomic mass is 16.1. The first kappa shape index (κ1) is 11.9. The van der Waals surface area contributed by atoms with E-state index in [1.807, 2.05) is 35.0 Å². The summed E-state index contributed by atoms with van der Waals surface area (Å²) in [5, 5.41) is 7.88. The summed E-state index contributed by atoms with van der Waals surface area (Å²) < 4.78 is 1.92. The van der Waals surface area contributed by atoms with E-state index in [-0.39, 0.29) is 6.04 Å². The molecule has 19 heavy (non-hydrogen) atoms.